The maximum atomic E-state index is 13.9. The maximum Gasteiger partial charge on any atom is 0.282 e. The quantitative estimate of drug-likeness (QED) is 0.403. The molecule has 184 valence electrons. The first-order valence-electron chi connectivity index (χ1n) is 11.8. The van der Waals surface area contributed by atoms with Crippen molar-refractivity contribution in [3.8, 4) is 5.69 Å². The second-order valence-corrected chi connectivity index (χ2v) is 10.4. The van der Waals surface area contributed by atoms with E-state index >= 15 is 0 Å². The lowest BCUT2D eigenvalue weighted by atomic mass is 10.0. The SMILES string of the molecule is O=C(c1ccc2c(ccn2-c2ccc(Cl)c(F)c2)c1)N1CC(N2CCN(C(=O)c3nccs3)CC2)C1. The van der Waals surface area contributed by atoms with Crippen molar-refractivity contribution in [2.24, 2.45) is 0 Å². The third-order valence-electron chi connectivity index (χ3n) is 7.00. The topological polar surface area (TPSA) is 61.7 Å². The van der Waals surface area contributed by atoms with Crippen LogP contribution in [-0.2, 0) is 0 Å². The molecule has 7 nitrogen and oxygen atoms in total. The average molecular weight is 524 g/mol. The number of likely N-dealkylation sites (tertiary alicyclic amines) is 1. The first-order chi connectivity index (χ1) is 17.5. The molecule has 4 heterocycles. The highest BCUT2D eigenvalue weighted by molar-refractivity contribution is 7.11. The molecule has 6 rings (SSSR count). The molecule has 36 heavy (non-hydrogen) atoms. The van der Waals surface area contributed by atoms with Crippen molar-refractivity contribution in [1.29, 1.82) is 0 Å². The van der Waals surface area contributed by atoms with E-state index in [9.17, 15) is 14.0 Å². The van der Waals surface area contributed by atoms with Crippen LogP contribution in [0.4, 0.5) is 4.39 Å². The van der Waals surface area contributed by atoms with Crippen LogP contribution in [0.1, 0.15) is 20.2 Å². The molecule has 4 aromatic rings. The fourth-order valence-electron chi connectivity index (χ4n) is 4.92. The van der Waals surface area contributed by atoms with Gasteiger partial charge in [-0.1, -0.05) is 11.6 Å². The van der Waals surface area contributed by atoms with E-state index in [1.54, 1.807) is 12.3 Å². The molecule has 0 radical (unpaired) electrons. The molecule has 2 aromatic carbocycles. The Balaban J connectivity index is 1.07. The van der Waals surface area contributed by atoms with E-state index in [1.165, 1.54) is 23.5 Å². The van der Waals surface area contributed by atoms with Gasteiger partial charge in [0.1, 0.15) is 5.82 Å². The average Bonchev–Trinajstić information content (AvgIpc) is 3.55. The van der Waals surface area contributed by atoms with Crippen molar-refractivity contribution < 1.29 is 14.0 Å². The highest BCUT2D eigenvalue weighted by atomic mass is 35.5. The Kier molecular flexibility index (Phi) is 5.99. The number of halogens is 2. The smallest absolute Gasteiger partial charge is 0.282 e. The first kappa shape index (κ1) is 23.1. The molecular formula is C26H23ClFN5O2S. The normalized spacial score (nSPS) is 16.9. The van der Waals surface area contributed by atoms with Gasteiger partial charge in [-0.3, -0.25) is 14.5 Å². The van der Waals surface area contributed by atoms with Gasteiger partial charge < -0.3 is 14.4 Å². The van der Waals surface area contributed by atoms with Crippen LogP contribution in [0.25, 0.3) is 16.6 Å². The standard InChI is InChI=1S/C26H23ClFN5O2S/c27-21-3-2-19(14-22(21)28)33-7-5-17-13-18(1-4-23(17)33)25(34)32-15-20(16-32)30-8-10-31(11-9-30)26(35)24-29-6-12-36-24/h1-7,12-14,20H,8-11,15-16H2. The second kappa shape index (κ2) is 9.31. The first-order valence-corrected chi connectivity index (χ1v) is 13.0. The van der Waals surface area contributed by atoms with E-state index in [0.29, 0.717) is 48.5 Å². The van der Waals surface area contributed by atoms with Gasteiger partial charge in [-0.25, -0.2) is 9.37 Å². The molecule has 0 N–H and O–H groups in total. The number of aromatic nitrogens is 2. The van der Waals surface area contributed by atoms with Gasteiger partial charge in [0.2, 0.25) is 0 Å². The Morgan fingerprint density at radius 2 is 1.78 bits per heavy atom. The molecular weight excluding hydrogens is 501 g/mol. The Bertz CT molecular complexity index is 1440. The Labute approximate surface area is 216 Å². The fourth-order valence-corrected chi connectivity index (χ4v) is 5.64. The number of fused-ring (bicyclic) bond motifs is 1. The third kappa shape index (κ3) is 4.17. The lowest BCUT2D eigenvalue weighted by Crippen LogP contribution is -2.64. The van der Waals surface area contributed by atoms with Gasteiger partial charge in [0.15, 0.2) is 5.01 Å². The van der Waals surface area contributed by atoms with Crippen molar-refractivity contribution in [1.82, 2.24) is 24.3 Å². The number of amides is 2. The number of carbonyl (C=O) groups is 2. The lowest BCUT2D eigenvalue weighted by Gasteiger charge is -2.48. The number of hydrogen-bond acceptors (Lipinski definition) is 5. The zero-order valence-corrected chi connectivity index (χ0v) is 20.9. The molecule has 10 heteroatoms. The van der Waals surface area contributed by atoms with E-state index in [-0.39, 0.29) is 16.8 Å². The summed E-state index contributed by atoms with van der Waals surface area (Å²) in [6, 6.07) is 12.5. The van der Waals surface area contributed by atoms with Crippen LogP contribution in [-0.4, -0.2) is 81.4 Å². The summed E-state index contributed by atoms with van der Waals surface area (Å²) >= 11 is 7.18. The molecule has 2 fully saturated rings. The molecule has 2 aliphatic rings. The van der Waals surface area contributed by atoms with Gasteiger partial charge >= 0.3 is 0 Å². The molecule has 0 saturated carbocycles. The maximum absolute atomic E-state index is 13.9. The van der Waals surface area contributed by atoms with E-state index in [0.717, 1.165) is 24.0 Å². The van der Waals surface area contributed by atoms with Crippen molar-refractivity contribution in [3.63, 3.8) is 0 Å². The van der Waals surface area contributed by atoms with E-state index < -0.39 is 5.82 Å². The monoisotopic (exact) mass is 523 g/mol. The summed E-state index contributed by atoms with van der Waals surface area (Å²) in [6.45, 7) is 4.32. The number of piperazine rings is 1. The van der Waals surface area contributed by atoms with E-state index in [4.69, 9.17) is 11.6 Å². The zero-order chi connectivity index (χ0) is 24.8. The third-order valence-corrected chi connectivity index (χ3v) is 8.07. The summed E-state index contributed by atoms with van der Waals surface area (Å²) < 4.78 is 15.8. The lowest BCUT2D eigenvalue weighted by molar-refractivity contribution is 0.00854. The van der Waals surface area contributed by atoms with Crippen molar-refractivity contribution in [3.05, 3.63) is 81.6 Å². The second-order valence-electron chi connectivity index (χ2n) is 9.09. The Hall–Kier alpha value is -3.27. The van der Waals surface area contributed by atoms with Crippen molar-refractivity contribution >= 4 is 45.7 Å². The molecule has 0 bridgehead atoms. The molecule has 0 atom stereocenters. The highest BCUT2D eigenvalue weighted by Crippen LogP contribution is 2.26. The Morgan fingerprint density at radius 3 is 2.50 bits per heavy atom. The predicted molar refractivity (Wildman–Crippen MR) is 138 cm³/mol. The minimum absolute atomic E-state index is 0.000450. The van der Waals surface area contributed by atoms with Gasteiger partial charge in [0.25, 0.3) is 11.8 Å². The molecule has 2 aliphatic heterocycles. The van der Waals surface area contributed by atoms with Gasteiger partial charge in [-0.15, -0.1) is 11.3 Å². The summed E-state index contributed by atoms with van der Waals surface area (Å²) in [5.41, 5.74) is 2.20. The van der Waals surface area contributed by atoms with Crippen LogP contribution in [0.15, 0.2) is 60.2 Å². The predicted octanol–water partition coefficient (Wildman–Crippen LogP) is 4.16. The summed E-state index contributed by atoms with van der Waals surface area (Å²) in [5, 5.41) is 3.35. The number of hydrogen-bond donors (Lipinski definition) is 0. The summed E-state index contributed by atoms with van der Waals surface area (Å²) in [4.78, 5) is 35.8. The van der Waals surface area contributed by atoms with Gasteiger partial charge in [0.05, 0.1) is 10.5 Å². The molecule has 0 aliphatic carbocycles. The van der Waals surface area contributed by atoms with Gasteiger partial charge in [-0.05, 0) is 42.5 Å². The number of nitrogens with zero attached hydrogens (tertiary/aromatic N) is 5. The van der Waals surface area contributed by atoms with Gasteiger partial charge in [-0.2, -0.15) is 0 Å². The highest BCUT2D eigenvalue weighted by Gasteiger charge is 2.37. The number of rotatable bonds is 4. The largest absolute Gasteiger partial charge is 0.335 e. The van der Waals surface area contributed by atoms with Crippen molar-refractivity contribution in [2.75, 3.05) is 39.3 Å². The van der Waals surface area contributed by atoms with Gasteiger partial charge in [0, 0.05) is 79.7 Å². The van der Waals surface area contributed by atoms with Crippen LogP contribution < -0.4 is 0 Å². The van der Waals surface area contributed by atoms with Crippen LogP contribution in [0.5, 0.6) is 0 Å². The van der Waals surface area contributed by atoms with Crippen LogP contribution in [0.2, 0.25) is 5.02 Å². The Morgan fingerprint density at radius 1 is 0.972 bits per heavy atom. The number of thiazole rings is 1. The number of carbonyl (C=O) groups excluding carboxylic acids is 2. The summed E-state index contributed by atoms with van der Waals surface area (Å²) in [7, 11) is 0. The minimum atomic E-state index is -0.470. The molecule has 2 amide bonds. The fraction of sp³-hybridized carbons (Fsp3) is 0.269. The molecule has 0 unspecified atom stereocenters. The molecule has 0 spiro atoms. The zero-order valence-electron chi connectivity index (χ0n) is 19.3. The minimum Gasteiger partial charge on any atom is -0.335 e. The number of benzene rings is 2. The van der Waals surface area contributed by atoms with Crippen LogP contribution >= 0.6 is 22.9 Å². The van der Waals surface area contributed by atoms with Crippen LogP contribution in [0.3, 0.4) is 0 Å². The summed E-state index contributed by atoms with van der Waals surface area (Å²) in [5.74, 6) is -0.459. The van der Waals surface area contributed by atoms with Crippen LogP contribution in [0, 0.1) is 5.82 Å². The van der Waals surface area contributed by atoms with Crippen molar-refractivity contribution in [2.45, 2.75) is 6.04 Å². The summed E-state index contributed by atoms with van der Waals surface area (Å²) in [6.07, 6.45) is 3.52. The van der Waals surface area contributed by atoms with E-state index in [2.05, 4.69) is 9.88 Å². The molecule has 2 aromatic heterocycles. The molecule has 2 saturated heterocycles. The van der Waals surface area contributed by atoms with E-state index in [1.807, 2.05) is 50.2 Å².